The van der Waals surface area contributed by atoms with E-state index in [0.29, 0.717) is 0 Å². The number of nitrogens with zero attached hydrogens (tertiary/aromatic N) is 1. The maximum absolute atomic E-state index is 2.43. The van der Waals surface area contributed by atoms with E-state index in [1.54, 1.807) is 0 Å². The quantitative estimate of drug-likeness (QED) is 0.170. The molecule has 1 nitrogen and oxygen atoms in total. The van der Waals surface area contributed by atoms with Crippen LogP contribution in [0.2, 0.25) is 0 Å². The Morgan fingerprint density at radius 1 is 0.281 bits per heavy atom. The molecule has 0 amide bonds. The Bertz CT molecular complexity index is 2780. The molecular formula is C56H53N. The highest BCUT2D eigenvalue weighted by atomic mass is 15.1. The van der Waals surface area contributed by atoms with Gasteiger partial charge >= 0.3 is 0 Å². The largest absolute Gasteiger partial charge is 0.310 e. The molecule has 0 atom stereocenters. The number of rotatable bonds is 5. The fraction of sp³-hybridized carbons (Fsp3) is 0.214. The molecule has 0 aromatic heterocycles. The second-order valence-electron chi connectivity index (χ2n) is 19.2. The second-order valence-corrected chi connectivity index (χ2v) is 19.2. The Hall–Kier alpha value is -5.92. The average Bonchev–Trinajstić information content (AvgIpc) is 3.19. The summed E-state index contributed by atoms with van der Waals surface area (Å²) in [7, 11) is 0. The first kappa shape index (κ1) is 36.7. The average molecular weight is 740 g/mol. The summed E-state index contributed by atoms with van der Waals surface area (Å²) in [6, 6.07) is 59.7. The van der Waals surface area contributed by atoms with Gasteiger partial charge in [0.25, 0.3) is 0 Å². The Balaban J connectivity index is 1.14. The number of hydrogen-bond donors (Lipinski definition) is 0. The Labute approximate surface area is 339 Å². The topological polar surface area (TPSA) is 3.24 Å². The minimum absolute atomic E-state index is 0.0997. The summed E-state index contributed by atoms with van der Waals surface area (Å²) < 4.78 is 0. The molecule has 0 unspecified atom stereocenters. The lowest BCUT2D eigenvalue weighted by atomic mass is 9.77. The van der Waals surface area contributed by atoms with Crippen LogP contribution in [0.3, 0.4) is 0 Å². The van der Waals surface area contributed by atoms with Gasteiger partial charge in [0.2, 0.25) is 0 Å². The third-order valence-corrected chi connectivity index (χ3v) is 12.0. The van der Waals surface area contributed by atoms with Gasteiger partial charge in [-0.3, -0.25) is 0 Å². The Morgan fingerprint density at radius 2 is 0.614 bits per heavy atom. The zero-order valence-electron chi connectivity index (χ0n) is 35.0. The molecule has 9 rings (SSSR count). The van der Waals surface area contributed by atoms with Gasteiger partial charge in [0, 0.05) is 17.1 Å². The van der Waals surface area contributed by atoms with Gasteiger partial charge in [-0.1, -0.05) is 147 Å². The lowest BCUT2D eigenvalue weighted by molar-refractivity contribution is 0.590. The first-order valence-corrected chi connectivity index (χ1v) is 20.5. The summed E-state index contributed by atoms with van der Waals surface area (Å²) in [5.41, 5.74) is 18.2. The summed E-state index contributed by atoms with van der Waals surface area (Å²) in [4.78, 5) is 2.37. The van der Waals surface area contributed by atoms with Crippen molar-refractivity contribution >= 4 is 38.6 Å². The summed E-state index contributed by atoms with van der Waals surface area (Å²) in [5, 5.41) is 5.05. The maximum Gasteiger partial charge on any atom is 0.0468 e. The number of fused-ring (bicyclic) bond motifs is 6. The molecule has 0 saturated heterocycles. The van der Waals surface area contributed by atoms with Crippen molar-refractivity contribution in [3.05, 3.63) is 174 Å². The number of anilines is 3. The van der Waals surface area contributed by atoms with E-state index in [9.17, 15) is 0 Å². The normalized spacial score (nSPS) is 12.6. The van der Waals surface area contributed by atoms with Gasteiger partial charge in [0.05, 0.1) is 0 Å². The lowest BCUT2D eigenvalue weighted by Gasteiger charge is -2.28. The minimum atomic E-state index is 0.0997. The van der Waals surface area contributed by atoms with Crippen LogP contribution in [0.4, 0.5) is 17.1 Å². The molecule has 0 heterocycles. The van der Waals surface area contributed by atoms with E-state index >= 15 is 0 Å². The highest BCUT2D eigenvalue weighted by molar-refractivity contribution is 6.13. The Morgan fingerprint density at radius 3 is 1.04 bits per heavy atom. The molecule has 0 saturated carbocycles. The van der Waals surface area contributed by atoms with E-state index in [1.165, 1.54) is 82.7 Å². The third kappa shape index (κ3) is 6.74. The van der Waals surface area contributed by atoms with Gasteiger partial charge in [0.15, 0.2) is 0 Å². The summed E-state index contributed by atoms with van der Waals surface area (Å²) in [6.45, 7) is 20.5. The molecule has 0 N–H and O–H groups in total. The highest BCUT2D eigenvalue weighted by Crippen LogP contribution is 2.52. The van der Waals surface area contributed by atoms with Crippen molar-refractivity contribution in [3.8, 4) is 44.5 Å². The second kappa shape index (κ2) is 13.3. The molecule has 8 aromatic rings. The highest BCUT2D eigenvalue weighted by Gasteiger charge is 2.26. The third-order valence-electron chi connectivity index (χ3n) is 12.0. The standard InChI is InChI=1S/C56H53N/c1-54(2,3)42-20-15-36(16-21-42)48-31-40-34-52-50-30-38-19-26-47(57(45-13-11-10-12-14-45)46-27-24-44(25-28-46)56(7,8)9)29-39(38)33-51(50)53(52)35-41(40)32-49(48)37-17-22-43(23-18-37)55(4,5)6/h10-35H,1-9H3. The van der Waals surface area contributed by atoms with Crippen molar-refractivity contribution in [1.82, 2.24) is 0 Å². The predicted octanol–water partition coefficient (Wildman–Crippen LogP) is 16.3. The molecule has 0 aliphatic heterocycles. The van der Waals surface area contributed by atoms with E-state index in [2.05, 4.69) is 225 Å². The van der Waals surface area contributed by atoms with Gasteiger partial charge in [0.1, 0.15) is 0 Å². The van der Waals surface area contributed by atoms with Crippen LogP contribution >= 0.6 is 0 Å². The van der Waals surface area contributed by atoms with Crippen molar-refractivity contribution in [1.29, 1.82) is 0 Å². The zero-order chi connectivity index (χ0) is 39.9. The number of para-hydroxylation sites is 1. The van der Waals surface area contributed by atoms with Crippen molar-refractivity contribution in [2.45, 2.75) is 78.6 Å². The summed E-state index contributed by atoms with van der Waals surface area (Å²) >= 11 is 0. The van der Waals surface area contributed by atoms with Crippen LogP contribution in [0, 0.1) is 0 Å². The summed E-state index contributed by atoms with van der Waals surface area (Å²) in [5.74, 6) is 0. The van der Waals surface area contributed by atoms with Crippen LogP contribution in [0.25, 0.3) is 66.1 Å². The Kier molecular flexibility index (Phi) is 8.59. The van der Waals surface area contributed by atoms with E-state index in [1.807, 2.05) is 0 Å². The zero-order valence-corrected chi connectivity index (χ0v) is 35.0. The van der Waals surface area contributed by atoms with Gasteiger partial charge in [-0.2, -0.15) is 0 Å². The predicted molar refractivity (Wildman–Crippen MR) is 248 cm³/mol. The van der Waals surface area contributed by atoms with Crippen molar-refractivity contribution in [2.24, 2.45) is 0 Å². The van der Waals surface area contributed by atoms with Crippen LogP contribution in [-0.4, -0.2) is 0 Å². The lowest BCUT2D eigenvalue weighted by Crippen LogP contribution is -2.13. The van der Waals surface area contributed by atoms with Gasteiger partial charge in [-0.05, 0) is 172 Å². The monoisotopic (exact) mass is 739 g/mol. The molecule has 1 heteroatoms. The smallest absolute Gasteiger partial charge is 0.0468 e. The molecule has 1 aliphatic carbocycles. The van der Waals surface area contributed by atoms with Crippen LogP contribution in [0.1, 0.15) is 79.0 Å². The molecule has 8 aromatic carbocycles. The van der Waals surface area contributed by atoms with Crippen molar-refractivity contribution < 1.29 is 0 Å². The molecule has 0 radical (unpaired) electrons. The fourth-order valence-corrected chi connectivity index (χ4v) is 8.51. The molecular weight excluding hydrogens is 687 g/mol. The minimum Gasteiger partial charge on any atom is -0.310 e. The van der Waals surface area contributed by atoms with Crippen LogP contribution in [0.15, 0.2) is 158 Å². The maximum atomic E-state index is 2.43. The number of benzene rings is 8. The molecule has 0 bridgehead atoms. The first-order chi connectivity index (χ1) is 27.1. The van der Waals surface area contributed by atoms with Crippen molar-refractivity contribution in [3.63, 3.8) is 0 Å². The molecule has 0 fully saturated rings. The first-order valence-electron chi connectivity index (χ1n) is 20.5. The molecule has 0 spiro atoms. The number of hydrogen-bond acceptors (Lipinski definition) is 1. The van der Waals surface area contributed by atoms with Gasteiger partial charge in [-0.15, -0.1) is 0 Å². The fourth-order valence-electron chi connectivity index (χ4n) is 8.51. The van der Waals surface area contributed by atoms with Crippen LogP contribution in [-0.2, 0) is 16.2 Å². The van der Waals surface area contributed by atoms with E-state index < -0.39 is 0 Å². The molecule has 1 aliphatic rings. The van der Waals surface area contributed by atoms with Gasteiger partial charge in [-0.25, -0.2) is 0 Å². The van der Waals surface area contributed by atoms with Crippen molar-refractivity contribution in [2.75, 3.05) is 4.90 Å². The molecule has 57 heavy (non-hydrogen) atoms. The van der Waals surface area contributed by atoms with Crippen LogP contribution in [0.5, 0.6) is 0 Å². The summed E-state index contributed by atoms with van der Waals surface area (Å²) in [6.07, 6.45) is 0. The molecule has 282 valence electrons. The van der Waals surface area contributed by atoms with E-state index in [0.717, 1.165) is 17.1 Å². The van der Waals surface area contributed by atoms with Crippen LogP contribution < -0.4 is 4.90 Å². The van der Waals surface area contributed by atoms with E-state index in [-0.39, 0.29) is 16.2 Å². The SMILES string of the molecule is CC(C)(C)c1ccc(-c2cc3cc4c(cc3cc2-c2ccc(C(C)(C)C)cc2)-c2cc3cc(N(c5ccccc5)c5ccc(C(C)(C)C)cc5)ccc3cc2-4)cc1. The van der Waals surface area contributed by atoms with Gasteiger partial charge < -0.3 is 4.90 Å². The van der Waals surface area contributed by atoms with E-state index in [4.69, 9.17) is 0 Å².